The van der Waals surface area contributed by atoms with Crippen molar-refractivity contribution in [3.05, 3.63) is 12.3 Å². The molecule has 7 heteroatoms. The Kier molecular flexibility index (Phi) is 12.4. The molecule has 2 aliphatic carbocycles. The summed E-state index contributed by atoms with van der Waals surface area (Å²) in [5.74, 6) is -0.00230. The van der Waals surface area contributed by atoms with Crippen LogP contribution in [0.25, 0.3) is 0 Å². The highest BCUT2D eigenvalue weighted by Crippen LogP contribution is 2.54. The van der Waals surface area contributed by atoms with Crippen LogP contribution in [0.15, 0.2) is 12.3 Å². The summed E-state index contributed by atoms with van der Waals surface area (Å²) in [6.45, 7) is 14.8. The van der Waals surface area contributed by atoms with E-state index in [-0.39, 0.29) is 35.2 Å². The fourth-order valence-electron chi connectivity index (χ4n) is 6.59. The first-order chi connectivity index (χ1) is 17.4. The lowest BCUT2D eigenvalue weighted by atomic mass is 9.71. The molecule has 2 aliphatic rings. The minimum absolute atomic E-state index is 0.237. The normalized spacial score (nSPS) is 26.8. The molecule has 2 bridgehead atoms. The van der Waals surface area contributed by atoms with E-state index in [2.05, 4.69) is 39.6 Å². The molecule has 2 fully saturated rings. The van der Waals surface area contributed by atoms with E-state index >= 15 is 0 Å². The second-order valence-electron chi connectivity index (χ2n) is 12.8. The van der Waals surface area contributed by atoms with E-state index in [0.717, 1.165) is 31.5 Å². The Bertz CT molecular complexity index is 753. The topological polar surface area (TPSA) is 105 Å². The van der Waals surface area contributed by atoms with E-state index in [0.29, 0.717) is 44.2 Å². The summed E-state index contributed by atoms with van der Waals surface area (Å²) in [7, 11) is 3.89. The van der Waals surface area contributed by atoms with Crippen molar-refractivity contribution in [2.24, 2.45) is 46.7 Å². The molecule has 214 valence electrons. The maximum Gasteiger partial charge on any atom is 0.309 e. The Hall–Kier alpha value is -1.60. The minimum Gasteiger partial charge on any atom is -0.464 e. The van der Waals surface area contributed by atoms with Crippen LogP contribution < -0.4 is 11.1 Å². The number of amides is 1. The van der Waals surface area contributed by atoms with Gasteiger partial charge in [0.25, 0.3) is 0 Å². The largest absolute Gasteiger partial charge is 0.464 e. The van der Waals surface area contributed by atoms with Crippen molar-refractivity contribution in [3.8, 4) is 0 Å². The zero-order chi connectivity index (χ0) is 27.8. The summed E-state index contributed by atoms with van der Waals surface area (Å²) in [5.41, 5.74) is 6.48. The number of allylic oxidation sites excluding steroid dienone is 1. The van der Waals surface area contributed by atoms with E-state index in [9.17, 15) is 14.7 Å². The van der Waals surface area contributed by atoms with Gasteiger partial charge >= 0.3 is 5.97 Å². The predicted octanol–water partition coefficient (Wildman–Crippen LogP) is 4.34. The summed E-state index contributed by atoms with van der Waals surface area (Å²) in [6, 6.07) is 0. The van der Waals surface area contributed by atoms with Crippen molar-refractivity contribution in [2.75, 3.05) is 33.8 Å². The molecule has 0 spiro atoms. The molecule has 7 unspecified atom stereocenters. The van der Waals surface area contributed by atoms with Crippen LogP contribution in [0, 0.1) is 40.9 Å². The van der Waals surface area contributed by atoms with Crippen LogP contribution in [0.4, 0.5) is 0 Å². The number of ether oxygens (including phenoxy) is 1. The molecule has 7 nitrogen and oxygen atoms in total. The summed E-state index contributed by atoms with van der Waals surface area (Å²) >= 11 is 0. The number of nitrogens with zero attached hydrogens (tertiary/aromatic N) is 1. The van der Waals surface area contributed by atoms with Gasteiger partial charge in [0, 0.05) is 30.1 Å². The molecule has 2 saturated carbocycles. The molecule has 2 rings (SSSR count). The monoisotopic (exact) mass is 521 g/mol. The molecule has 0 aromatic heterocycles. The van der Waals surface area contributed by atoms with Crippen molar-refractivity contribution in [3.63, 3.8) is 0 Å². The van der Waals surface area contributed by atoms with Gasteiger partial charge in [-0.2, -0.15) is 0 Å². The predicted molar refractivity (Wildman–Crippen MR) is 149 cm³/mol. The lowest BCUT2D eigenvalue weighted by Crippen LogP contribution is -2.37. The summed E-state index contributed by atoms with van der Waals surface area (Å²) in [5, 5.41) is 14.0. The number of rotatable bonds is 18. The smallest absolute Gasteiger partial charge is 0.309 e. The van der Waals surface area contributed by atoms with E-state index < -0.39 is 11.8 Å². The van der Waals surface area contributed by atoms with Gasteiger partial charge < -0.3 is 25.8 Å². The van der Waals surface area contributed by atoms with Crippen LogP contribution in [0.1, 0.15) is 85.5 Å². The number of nitrogens with one attached hydrogen (secondary N) is 1. The number of nitrogens with two attached hydrogens (primary N) is 1. The number of hydrogen-bond donors (Lipinski definition) is 3. The first-order valence-electron chi connectivity index (χ1n) is 14.6. The zero-order valence-corrected chi connectivity index (χ0v) is 24.4. The van der Waals surface area contributed by atoms with Crippen LogP contribution in [-0.4, -0.2) is 61.8 Å². The highest BCUT2D eigenvalue weighted by atomic mass is 16.5. The molecule has 0 radical (unpaired) electrons. The summed E-state index contributed by atoms with van der Waals surface area (Å²) in [6.07, 6.45) is 7.87. The fraction of sp³-hybridized carbons (Fsp3) is 0.867. The number of esters is 1. The minimum atomic E-state index is -0.452. The molecular weight excluding hydrogens is 466 g/mol. The lowest BCUT2D eigenvalue weighted by Gasteiger charge is -2.35. The van der Waals surface area contributed by atoms with Crippen LogP contribution >= 0.6 is 0 Å². The van der Waals surface area contributed by atoms with Gasteiger partial charge in [0.2, 0.25) is 5.91 Å². The van der Waals surface area contributed by atoms with Gasteiger partial charge in [0.1, 0.15) is 6.61 Å². The molecule has 1 amide bonds. The third kappa shape index (κ3) is 9.27. The maximum atomic E-state index is 13.3. The van der Waals surface area contributed by atoms with Crippen molar-refractivity contribution >= 4 is 11.9 Å². The first-order valence-corrected chi connectivity index (χ1v) is 14.6. The molecule has 0 aromatic rings. The van der Waals surface area contributed by atoms with Gasteiger partial charge in [-0.3, -0.25) is 9.59 Å². The number of aliphatic hydroxyl groups is 1. The highest BCUT2D eigenvalue weighted by Gasteiger charge is 2.51. The van der Waals surface area contributed by atoms with Crippen molar-refractivity contribution in [2.45, 2.75) is 91.6 Å². The Morgan fingerprint density at radius 2 is 1.89 bits per heavy atom. The third-order valence-corrected chi connectivity index (χ3v) is 9.17. The lowest BCUT2D eigenvalue weighted by molar-refractivity contribution is -0.151. The van der Waals surface area contributed by atoms with Gasteiger partial charge in [-0.15, -0.1) is 0 Å². The maximum absolute atomic E-state index is 13.3. The molecule has 4 N–H and O–H groups in total. The molecule has 7 atom stereocenters. The number of unbranched alkanes of at least 4 members (excludes halogenated alkanes) is 3. The summed E-state index contributed by atoms with van der Waals surface area (Å²) < 4.78 is 5.68. The molecule has 37 heavy (non-hydrogen) atoms. The molecule has 0 heterocycles. The Morgan fingerprint density at radius 1 is 1.19 bits per heavy atom. The van der Waals surface area contributed by atoms with Crippen LogP contribution in [0.2, 0.25) is 0 Å². The average Bonchev–Trinajstić information content (AvgIpc) is 3.34. The molecular formula is C30H55N3O4. The van der Waals surface area contributed by atoms with Gasteiger partial charge in [0.05, 0.1) is 12.0 Å². The van der Waals surface area contributed by atoms with E-state index in [1.807, 2.05) is 19.0 Å². The van der Waals surface area contributed by atoms with Crippen molar-refractivity contribution < 1.29 is 19.4 Å². The average molecular weight is 522 g/mol. The van der Waals surface area contributed by atoms with Crippen LogP contribution in [0.5, 0.6) is 0 Å². The molecule has 0 saturated heterocycles. The fourth-order valence-corrected chi connectivity index (χ4v) is 6.59. The highest BCUT2D eigenvalue weighted by molar-refractivity contribution is 5.78. The Labute approximate surface area is 226 Å². The van der Waals surface area contributed by atoms with Crippen molar-refractivity contribution in [1.82, 2.24) is 10.2 Å². The van der Waals surface area contributed by atoms with Gasteiger partial charge in [-0.05, 0) is 76.3 Å². The summed E-state index contributed by atoms with van der Waals surface area (Å²) in [4.78, 5) is 27.9. The molecule has 0 aliphatic heterocycles. The van der Waals surface area contributed by atoms with Crippen molar-refractivity contribution in [1.29, 1.82) is 0 Å². The van der Waals surface area contributed by atoms with Crippen LogP contribution in [-0.2, 0) is 14.3 Å². The number of likely N-dealkylation sites (N-methyl/N-ethyl adjacent to an activating group) is 1. The quantitative estimate of drug-likeness (QED) is 0.183. The number of carbonyl (C=O) groups is 2. The number of hydrogen-bond acceptors (Lipinski definition) is 6. The zero-order valence-electron chi connectivity index (χ0n) is 24.4. The number of aliphatic hydroxyl groups excluding tert-OH is 1. The first kappa shape index (κ1) is 31.6. The van der Waals surface area contributed by atoms with Gasteiger partial charge in [-0.25, -0.2) is 0 Å². The van der Waals surface area contributed by atoms with Gasteiger partial charge in [-0.1, -0.05) is 53.5 Å². The number of carbonyl (C=O) groups excluding carboxylic acids is 2. The molecule has 0 aromatic carbocycles. The SMILES string of the molecule is C=C(NCCCCCC)C(C)(C)CC(CC(CC1C(C)C2CC(O)C1C2)C(N)=O)C(=O)OCCN(C)C. The van der Waals surface area contributed by atoms with E-state index in [4.69, 9.17) is 10.5 Å². The Balaban J connectivity index is 2.10. The van der Waals surface area contributed by atoms with E-state index in [1.165, 1.54) is 19.3 Å². The van der Waals surface area contributed by atoms with E-state index in [1.54, 1.807) is 0 Å². The standard InChI is InChI=1S/C30H55N3O4/c1-8-9-10-11-12-32-21(3)30(4,5)19-24(29(36)37-14-13-33(6)7)15-23(28(31)35)17-25-20(2)22-16-26(25)27(34)18-22/h20,22-27,32,34H,3,8-19H2,1-2,4-7H3,(H2,31,35). The Morgan fingerprint density at radius 3 is 2.49 bits per heavy atom. The second-order valence-corrected chi connectivity index (χ2v) is 12.8. The third-order valence-electron chi connectivity index (χ3n) is 9.17. The number of primary amides is 1. The second kappa shape index (κ2) is 14.5. The van der Waals surface area contributed by atoms with Gasteiger partial charge in [0.15, 0.2) is 0 Å². The van der Waals surface area contributed by atoms with Crippen LogP contribution in [0.3, 0.4) is 0 Å². The number of fused-ring (bicyclic) bond motifs is 2.